The first-order chi connectivity index (χ1) is 8.38. The second-order valence-corrected chi connectivity index (χ2v) is 5.32. The number of hydrogen-bond donors (Lipinski definition) is 1. The number of benzene rings is 1. The van der Waals surface area contributed by atoms with Crippen molar-refractivity contribution in [1.29, 1.82) is 0 Å². The van der Waals surface area contributed by atoms with Gasteiger partial charge in [0, 0.05) is 7.11 Å². The third kappa shape index (κ3) is 6.10. The summed E-state index contributed by atoms with van der Waals surface area (Å²) >= 11 is 2.00. The van der Waals surface area contributed by atoms with Crippen LogP contribution in [0.1, 0.15) is 24.9 Å². The van der Waals surface area contributed by atoms with E-state index in [0.717, 1.165) is 13.2 Å². The van der Waals surface area contributed by atoms with Crippen LogP contribution in [0, 0.1) is 0 Å². The van der Waals surface area contributed by atoms with E-state index in [9.17, 15) is 0 Å². The molecule has 0 fully saturated rings. The van der Waals surface area contributed by atoms with E-state index >= 15 is 0 Å². The van der Waals surface area contributed by atoms with Gasteiger partial charge in [-0.25, -0.2) is 0 Å². The topological polar surface area (TPSA) is 21.3 Å². The molecule has 1 atom stereocenters. The standard InChI is InChI=1S/C14H23NOS/c1-3-17-11-7-10-15-14(12-16-2)13-8-5-4-6-9-13/h4-6,8-9,14-15H,3,7,10-12H2,1-2H3. The summed E-state index contributed by atoms with van der Waals surface area (Å²) in [5, 5.41) is 3.56. The van der Waals surface area contributed by atoms with Crippen LogP contribution in [-0.4, -0.2) is 31.8 Å². The van der Waals surface area contributed by atoms with Gasteiger partial charge in [-0.1, -0.05) is 37.3 Å². The summed E-state index contributed by atoms with van der Waals surface area (Å²) in [5.74, 6) is 2.44. The monoisotopic (exact) mass is 253 g/mol. The van der Waals surface area contributed by atoms with Gasteiger partial charge in [0.2, 0.25) is 0 Å². The van der Waals surface area contributed by atoms with Crippen molar-refractivity contribution in [3.8, 4) is 0 Å². The van der Waals surface area contributed by atoms with Crippen molar-refractivity contribution in [2.45, 2.75) is 19.4 Å². The maximum Gasteiger partial charge on any atom is 0.0657 e. The van der Waals surface area contributed by atoms with Gasteiger partial charge >= 0.3 is 0 Å². The van der Waals surface area contributed by atoms with E-state index in [2.05, 4.69) is 36.5 Å². The summed E-state index contributed by atoms with van der Waals surface area (Å²) in [6.45, 7) is 3.98. The third-order valence-corrected chi connectivity index (χ3v) is 3.58. The Kier molecular flexibility index (Phi) is 8.14. The Morgan fingerprint density at radius 3 is 2.71 bits per heavy atom. The van der Waals surface area contributed by atoms with Crippen molar-refractivity contribution in [1.82, 2.24) is 5.32 Å². The molecule has 17 heavy (non-hydrogen) atoms. The van der Waals surface area contributed by atoms with Gasteiger partial charge in [-0.15, -0.1) is 0 Å². The average Bonchev–Trinajstić information content (AvgIpc) is 2.38. The van der Waals surface area contributed by atoms with E-state index in [-0.39, 0.29) is 0 Å². The Labute approximate surface area is 109 Å². The molecule has 1 unspecified atom stereocenters. The zero-order chi connectivity index (χ0) is 12.3. The van der Waals surface area contributed by atoms with E-state index in [0.29, 0.717) is 6.04 Å². The number of methoxy groups -OCH3 is 1. The molecule has 1 rings (SSSR count). The summed E-state index contributed by atoms with van der Waals surface area (Å²) < 4.78 is 5.27. The molecule has 0 aliphatic heterocycles. The Morgan fingerprint density at radius 1 is 1.29 bits per heavy atom. The predicted molar refractivity (Wildman–Crippen MR) is 76.7 cm³/mol. The van der Waals surface area contributed by atoms with E-state index in [1.807, 2.05) is 17.8 Å². The van der Waals surface area contributed by atoms with Crippen LogP contribution in [-0.2, 0) is 4.74 Å². The summed E-state index contributed by atoms with van der Waals surface area (Å²) in [6, 6.07) is 10.8. The number of nitrogens with one attached hydrogen (secondary N) is 1. The molecule has 0 spiro atoms. The lowest BCUT2D eigenvalue weighted by Crippen LogP contribution is -2.26. The van der Waals surface area contributed by atoms with Crippen LogP contribution in [0.2, 0.25) is 0 Å². The highest BCUT2D eigenvalue weighted by molar-refractivity contribution is 7.99. The van der Waals surface area contributed by atoms with Crippen molar-refractivity contribution >= 4 is 11.8 Å². The van der Waals surface area contributed by atoms with E-state index in [1.54, 1.807) is 7.11 Å². The number of rotatable bonds is 9. The molecule has 0 aliphatic carbocycles. The zero-order valence-corrected chi connectivity index (χ0v) is 11.6. The van der Waals surface area contributed by atoms with Gasteiger partial charge in [-0.2, -0.15) is 11.8 Å². The molecule has 1 aromatic carbocycles. The SMILES string of the molecule is CCSCCCNC(COC)c1ccccc1. The Morgan fingerprint density at radius 2 is 2.06 bits per heavy atom. The largest absolute Gasteiger partial charge is 0.383 e. The minimum atomic E-state index is 0.313. The minimum Gasteiger partial charge on any atom is -0.383 e. The third-order valence-electron chi connectivity index (χ3n) is 2.60. The van der Waals surface area contributed by atoms with Crippen molar-refractivity contribution < 1.29 is 4.74 Å². The molecule has 2 nitrogen and oxygen atoms in total. The van der Waals surface area contributed by atoms with Crippen LogP contribution in [0.3, 0.4) is 0 Å². The van der Waals surface area contributed by atoms with Gasteiger partial charge in [0.1, 0.15) is 0 Å². The quantitative estimate of drug-likeness (QED) is 0.683. The molecular formula is C14H23NOS. The molecule has 0 bridgehead atoms. The number of thioether (sulfide) groups is 1. The van der Waals surface area contributed by atoms with E-state index < -0.39 is 0 Å². The van der Waals surface area contributed by atoms with Gasteiger partial charge in [-0.05, 0) is 30.0 Å². The first-order valence-electron chi connectivity index (χ1n) is 6.23. The lowest BCUT2D eigenvalue weighted by molar-refractivity contribution is 0.167. The highest BCUT2D eigenvalue weighted by Gasteiger charge is 2.09. The summed E-state index contributed by atoms with van der Waals surface area (Å²) in [7, 11) is 1.75. The predicted octanol–water partition coefficient (Wildman–Crippen LogP) is 3.11. The van der Waals surface area contributed by atoms with Gasteiger partial charge < -0.3 is 10.1 Å². The highest BCUT2D eigenvalue weighted by atomic mass is 32.2. The Hall–Kier alpha value is -0.510. The summed E-state index contributed by atoms with van der Waals surface area (Å²) in [5.41, 5.74) is 1.30. The molecule has 0 saturated carbocycles. The zero-order valence-electron chi connectivity index (χ0n) is 10.8. The second kappa shape index (κ2) is 9.51. The van der Waals surface area contributed by atoms with Crippen molar-refractivity contribution in [2.75, 3.05) is 31.8 Å². The van der Waals surface area contributed by atoms with E-state index in [4.69, 9.17) is 4.74 Å². The smallest absolute Gasteiger partial charge is 0.0657 e. The highest BCUT2D eigenvalue weighted by Crippen LogP contribution is 2.12. The molecule has 0 radical (unpaired) electrons. The molecule has 1 aromatic rings. The van der Waals surface area contributed by atoms with Crippen molar-refractivity contribution in [3.63, 3.8) is 0 Å². The normalized spacial score (nSPS) is 12.6. The lowest BCUT2D eigenvalue weighted by Gasteiger charge is -2.18. The van der Waals surface area contributed by atoms with Crippen LogP contribution in [0.15, 0.2) is 30.3 Å². The maximum absolute atomic E-state index is 5.27. The molecule has 1 N–H and O–H groups in total. The van der Waals surface area contributed by atoms with Crippen molar-refractivity contribution in [2.24, 2.45) is 0 Å². The second-order valence-electron chi connectivity index (χ2n) is 3.92. The molecule has 3 heteroatoms. The molecule has 0 saturated heterocycles. The van der Waals surface area contributed by atoms with Gasteiger partial charge in [-0.3, -0.25) is 0 Å². The first kappa shape index (κ1) is 14.6. The van der Waals surface area contributed by atoms with Gasteiger partial charge in [0.15, 0.2) is 0 Å². The fourth-order valence-corrected chi connectivity index (χ4v) is 2.36. The average molecular weight is 253 g/mol. The minimum absolute atomic E-state index is 0.313. The molecule has 0 amide bonds. The first-order valence-corrected chi connectivity index (χ1v) is 7.39. The maximum atomic E-state index is 5.27. The number of hydrogen-bond acceptors (Lipinski definition) is 3. The lowest BCUT2D eigenvalue weighted by atomic mass is 10.1. The van der Waals surface area contributed by atoms with E-state index in [1.165, 1.54) is 23.5 Å². The van der Waals surface area contributed by atoms with Crippen LogP contribution in [0.4, 0.5) is 0 Å². The number of ether oxygens (including phenoxy) is 1. The van der Waals surface area contributed by atoms with Crippen LogP contribution < -0.4 is 5.32 Å². The fourth-order valence-electron chi connectivity index (χ4n) is 1.72. The molecule has 0 aliphatic rings. The molecular weight excluding hydrogens is 230 g/mol. The Balaban J connectivity index is 2.33. The Bertz CT molecular complexity index is 279. The van der Waals surface area contributed by atoms with Gasteiger partial charge in [0.05, 0.1) is 12.6 Å². The molecule has 0 heterocycles. The van der Waals surface area contributed by atoms with Gasteiger partial charge in [0.25, 0.3) is 0 Å². The summed E-state index contributed by atoms with van der Waals surface area (Å²) in [6.07, 6.45) is 1.21. The van der Waals surface area contributed by atoms with Crippen molar-refractivity contribution in [3.05, 3.63) is 35.9 Å². The fraction of sp³-hybridized carbons (Fsp3) is 0.571. The van der Waals surface area contributed by atoms with Crippen LogP contribution >= 0.6 is 11.8 Å². The van der Waals surface area contributed by atoms with Crippen LogP contribution in [0.25, 0.3) is 0 Å². The summed E-state index contributed by atoms with van der Waals surface area (Å²) in [4.78, 5) is 0. The molecule has 96 valence electrons. The molecule has 0 aromatic heterocycles. The van der Waals surface area contributed by atoms with Crippen LogP contribution in [0.5, 0.6) is 0 Å².